The number of carboxylic acids is 3. The van der Waals surface area contributed by atoms with E-state index in [9.17, 15) is 19.2 Å². The lowest BCUT2D eigenvalue weighted by atomic mass is 10.0. The van der Waals surface area contributed by atoms with Crippen LogP contribution in [0.4, 0.5) is 0 Å². The molecule has 0 spiro atoms. The summed E-state index contributed by atoms with van der Waals surface area (Å²) in [6, 6.07) is 0. The molecule has 0 amide bonds. The average Bonchev–Trinajstić information content (AvgIpc) is 1.43. The molecule has 8 heteroatoms. The van der Waals surface area contributed by atoms with E-state index in [2.05, 4.69) is 34.6 Å². The van der Waals surface area contributed by atoms with E-state index >= 15 is 0 Å². The van der Waals surface area contributed by atoms with E-state index in [1.54, 1.807) is 0 Å². The van der Waals surface area contributed by atoms with Gasteiger partial charge in [-0.1, -0.05) is 568 Å². The van der Waals surface area contributed by atoms with Gasteiger partial charge in [-0.15, -0.1) is 0 Å². The van der Waals surface area contributed by atoms with Gasteiger partial charge in [0.05, 0.1) is 6.61 Å². The van der Waals surface area contributed by atoms with Crippen LogP contribution in [0.3, 0.4) is 0 Å². The highest BCUT2D eigenvalue weighted by Crippen LogP contribution is 2.22. The van der Waals surface area contributed by atoms with Crippen molar-refractivity contribution in [3.05, 3.63) is 0 Å². The molecule has 0 radical (unpaired) electrons. The fourth-order valence-corrected chi connectivity index (χ4v) is 15.6. The highest BCUT2D eigenvalue weighted by molar-refractivity contribution is 5.69. The monoisotopic (exact) mass is 1560 g/mol. The molecule has 8 nitrogen and oxygen atoms in total. The summed E-state index contributed by atoms with van der Waals surface area (Å²) in [5, 5.41) is 25.6. The number of hydrogen-bond donors (Lipinski definition) is 3. The van der Waals surface area contributed by atoms with Crippen LogP contribution >= 0.6 is 0 Å². The van der Waals surface area contributed by atoms with Crippen molar-refractivity contribution in [2.45, 2.75) is 625 Å². The predicted octanol–water partition coefficient (Wildman–Crippen LogP) is 36.7. The summed E-state index contributed by atoms with van der Waals surface area (Å²) in [6.07, 6.45) is 121. The first-order valence-electron chi connectivity index (χ1n) is 50.9. The van der Waals surface area contributed by atoms with E-state index in [1.165, 1.54) is 514 Å². The van der Waals surface area contributed by atoms with Crippen molar-refractivity contribution in [3.63, 3.8) is 0 Å². The second-order valence-corrected chi connectivity index (χ2v) is 34.7. The van der Waals surface area contributed by atoms with Crippen LogP contribution in [0.25, 0.3) is 0 Å². The number of rotatable bonds is 93. The van der Waals surface area contributed by atoms with Gasteiger partial charge in [0, 0.05) is 25.7 Å². The molecule has 0 bridgehead atoms. The van der Waals surface area contributed by atoms with Gasteiger partial charge in [-0.3, -0.25) is 19.2 Å². The van der Waals surface area contributed by atoms with Crippen LogP contribution in [-0.2, 0) is 23.9 Å². The van der Waals surface area contributed by atoms with E-state index in [0.717, 1.165) is 51.4 Å². The van der Waals surface area contributed by atoms with Crippen LogP contribution < -0.4 is 0 Å². The van der Waals surface area contributed by atoms with Crippen LogP contribution in [0.5, 0.6) is 0 Å². The van der Waals surface area contributed by atoms with E-state index in [0.29, 0.717) is 32.3 Å². The van der Waals surface area contributed by atoms with Gasteiger partial charge in [-0.2, -0.15) is 0 Å². The number of carbonyl (C=O) groups is 4. The molecule has 3 N–H and O–H groups in total. The van der Waals surface area contributed by atoms with E-state index < -0.39 is 17.9 Å². The summed E-state index contributed by atoms with van der Waals surface area (Å²) < 4.78 is 5.48. The van der Waals surface area contributed by atoms with Crippen molar-refractivity contribution < 1.29 is 39.2 Å². The third-order valence-electron chi connectivity index (χ3n) is 23.2. The van der Waals surface area contributed by atoms with Crippen molar-refractivity contribution in [1.29, 1.82) is 0 Å². The first-order valence-corrected chi connectivity index (χ1v) is 50.9. The van der Waals surface area contributed by atoms with Crippen LogP contribution in [0, 0.1) is 0 Å². The summed E-state index contributed by atoms with van der Waals surface area (Å²) in [5.41, 5.74) is 0. The van der Waals surface area contributed by atoms with Gasteiger partial charge in [-0.05, 0) is 32.1 Å². The van der Waals surface area contributed by atoms with Crippen LogP contribution in [0.15, 0.2) is 0 Å². The maximum atomic E-state index is 12.0. The Morgan fingerprint density at radius 3 is 0.364 bits per heavy atom. The SMILES string of the molecule is CCCCCCCCCCCCCCCCCC(=O)O.CCCCCCCCCCCCCCCCCC(=O)O.CCCCCCCCCCCCCCCCCC(=O)O.CCCCCCCCCCCCCCCCCCCCCCCCCCCCCC(=O)OCCCCCCCCCCCCCCCCCC. The zero-order valence-corrected chi connectivity index (χ0v) is 76.1. The molecule has 0 aromatic heterocycles. The Morgan fingerprint density at radius 2 is 0.245 bits per heavy atom. The maximum Gasteiger partial charge on any atom is 0.305 e. The summed E-state index contributed by atoms with van der Waals surface area (Å²) in [4.78, 5) is 43.0. The smallest absolute Gasteiger partial charge is 0.305 e. The van der Waals surface area contributed by atoms with Crippen molar-refractivity contribution >= 4 is 23.9 Å². The third kappa shape index (κ3) is 124. The molecule has 0 rings (SSSR count). The molecule has 0 aromatic carbocycles. The second-order valence-electron chi connectivity index (χ2n) is 34.7. The summed E-state index contributed by atoms with van der Waals surface area (Å²) in [5.74, 6) is -1.93. The number of hydrogen-bond acceptors (Lipinski definition) is 5. The van der Waals surface area contributed by atoms with Crippen molar-refractivity contribution in [2.75, 3.05) is 6.61 Å². The van der Waals surface area contributed by atoms with E-state index in [4.69, 9.17) is 20.1 Å². The van der Waals surface area contributed by atoms with Gasteiger partial charge < -0.3 is 20.1 Å². The minimum Gasteiger partial charge on any atom is -0.481 e. The Bertz CT molecular complexity index is 1550. The van der Waals surface area contributed by atoms with Crippen LogP contribution in [-0.4, -0.2) is 45.8 Å². The number of unbranched alkanes of at least 4 members (excludes halogenated alkanes) is 83. The van der Waals surface area contributed by atoms with Crippen molar-refractivity contribution in [3.8, 4) is 0 Å². The van der Waals surface area contributed by atoms with Crippen LogP contribution in [0.1, 0.15) is 625 Å². The Kier molecular flexibility index (Phi) is 115. The lowest BCUT2D eigenvalue weighted by Gasteiger charge is -2.06. The minimum atomic E-state index is -0.653. The van der Waals surface area contributed by atoms with E-state index in [1.807, 2.05) is 0 Å². The van der Waals surface area contributed by atoms with E-state index in [-0.39, 0.29) is 5.97 Å². The Hall–Kier alpha value is -2.12. The predicted molar refractivity (Wildman–Crippen MR) is 487 cm³/mol. The first-order chi connectivity index (χ1) is 54.1. The molecule has 660 valence electrons. The van der Waals surface area contributed by atoms with Gasteiger partial charge in [-0.25, -0.2) is 0 Å². The highest BCUT2D eigenvalue weighted by atomic mass is 16.5. The molecule has 0 aliphatic carbocycles. The molecule has 0 aliphatic heterocycles. The zero-order chi connectivity index (χ0) is 80.8. The quantitative estimate of drug-likeness (QED) is 0.0404. The minimum absolute atomic E-state index is 0.0329. The topological polar surface area (TPSA) is 138 Å². The van der Waals surface area contributed by atoms with Gasteiger partial charge in [0.25, 0.3) is 0 Å². The number of ether oxygens (including phenoxy) is 1. The number of carboxylic acid groups (broad SMARTS) is 3. The summed E-state index contributed by atoms with van der Waals surface area (Å²) >= 11 is 0. The molecule has 0 unspecified atom stereocenters. The molecule has 0 fully saturated rings. The molecule has 0 saturated heterocycles. The van der Waals surface area contributed by atoms with Crippen molar-refractivity contribution in [1.82, 2.24) is 0 Å². The average molecular weight is 1560 g/mol. The van der Waals surface area contributed by atoms with Gasteiger partial charge in [0.15, 0.2) is 0 Å². The molecule has 0 heterocycles. The Morgan fingerprint density at radius 1 is 0.145 bits per heavy atom. The van der Waals surface area contributed by atoms with Gasteiger partial charge in [0.2, 0.25) is 0 Å². The number of esters is 1. The van der Waals surface area contributed by atoms with Crippen molar-refractivity contribution in [2.24, 2.45) is 0 Å². The molecule has 0 aliphatic rings. The molecular weight excluding hydrogens is 1350 g/mol. The number of aliphatic carboxylic acids is 3. The molecule has 0 atom stereocenters. The Labute approximate surface area is 691 Å². The lowest BCUT2D eigenvalue weighted by Crippen LogP contribution is -2.05. The lowest BCUT2D eigenvalue weighted by molar-refractivity contribution is -0.144. The maximum absolute atomic E-state index is 12.0. The fraction of sp³-hybridized carbons (Fsp3) is 0.961. The third-order valence-corrected chi connectivity index (χ3v) is 23.2. The fourth-order valence-electron chi connectivity index (χ4n) is 15.6. The van der Waals surface area contributed by atoms with Crippen LogP contribution in [0.2, 0.25) is 0 Å². The zero-order valence-electron chi connectivity index (χ0n) is 76.1. The largest absolute Gasteiger partial charge is 0.481 e. The normalized spacial score (nSPS) is 11.1. The first kappa shape index (κ1) is 114. The molecule has 0 aromatic rings. The molecule has 0 saturated carbocycles. The number of carbonyl (C=O) groups excluding carboxylic acids is 1. The standard InChI is InChI=1S/C48H96O2.3C18H36O2/c1-3-5-7-9-11-13-15-17-19-21-22-23-24-25-26-27-28-29-30-31-32-34-36-38-40-42-44-46-48(49)50-47-45-43-41-39-37-35-33-20-18-16-14-12-10-8-6-4-2;3*1-2-3-4-5-6-7-8-9-10-11-12-13-14-15-16-17-18(19)20/h3-47H2,1-2H3;3*2-17H2,1H3,(H,19,20). The summed E-state index contributed by atoms with van der Waals surface area (Å²) in [7, 11) is 0. The molecular formula is C102H204O8. The highest BCUT2D eigenvalue weighted by Gasteiger charge is 2.06. The van der Waals surface area contributed by atoms with Gasteiger partial charge >= 0.3 is 23.9 Å². The Balaban J connectivity index is -0.000000768. The van der Waals surface area contributed by atoms with Gasteiger partial charge in [0.1, 0.15) is 0 Å². The summed E-state index contributed by atoms with van der Waals surface area (Å²) in [6.45, 7) is 12.0. The second kappa shape index (κ2) is 111. The molecule has 110 heavy (non-hydrogen) atoms.